The molecule has 0 radical (unpaired) electrons. The van der Waals surface area contributed by atoms with E-state index in [1.807, 2.05) is 20.8 Å². The second-order valence-electron chi connectivity index (χ2n) is 6.81. The predicted octanol–water partition coefficient (Wildman–Crippen LogP) is 1.59. The van der Waals surface area contributed by atoms with Gasteiger partial charge in [-0.25, -0.2) is 8.42 Å². The van der Waals surface area contributed by atoms with Gasteiger partial charge < -0.3 is 10.6 Å². The number of carbonyl (C=O) groups excluding carboxylic acids is 1. The number of aryl methyl sites for hydroxylation is 1. The molecule has 2 atom stereocenters. The minimum atomic E-state index is -3.73. The number of amides is 1. The summed E-state index contributed by atoms with van der Waals surface area (Å²) in [5, 5.41) is 6.12. The summed E-state index contributed by atoms with van der Waals surface area (Å²) in [6, 6.07) is 5.91. The first-order valence-electron chi connectivity index (χ1n) is 8.38. The molecule has 0 saturated carbocycles. The minimum absolute atomic E-state index is 0. The van der Waals surface area contributed by atoms with Crippen molar-refractivity contribution in [3.8, 4) is 0 Å². The zero-order chi connectivity index (χ0) is 17.7. The van der Waals surface area contributed by atoms with E-state index in [9.17, 15) is 13.2 Å². The molecule has 1 aromatic carbocycles. The molecule has 8 heteroatoms. The first-order chi connectivity index (χ1) is 11.3. The Morgan fingerprint density at radius 3 is 2.44 bits per heavy atom. The van der Waals surface area contributed by atoms with Crippen molar-refractivity contribution in [1.29, 1.82) is 0 Å². The molecule has 1 aliphatic heterocycles. The van der Waals surface area contributed by atoms with Gasteiger partial charge in [-0.1, -0.05) is 31.5 Å². The molecule has 1 saturated heterocycles. The Labute approximate surface area is 156 Å². The van der Waals surface area contributed by atoms with Crippen molar-refractivity contribution in [2.45, 2.75) is 50.6 Å². The number of nitrogens with one attached hydrogen (secondary N) is 3. The molecule has 0 aromatic heterocycles. The van der Waals surface area contributed by atoms with Gasteiger partial charge in [-0.15, -0.1) is 12.4 Å². The molecule has 1 aliphatic rings. The van der Waals surface area contributed by atoms with Crippen LogP contribution in [0.2, 0.25) is 0 Å². The SMILES string of the molecule is Cc1ccc(S(=O)(=O)NC(CC(C)C)C(=O)NC2CCNC2)cc1.Cl. The van der Waals surface area contributed by atoms with E-state index in [-0.39, 0.29) is 35.2 Å². The van der Waals surface area contributed by atoms with Crippen molar-refractivity contribution in [3.05, 3.63) is 29.8 Å². The van der Waals surface area contributed by atoms with E-state index in [2.05, 4.69) is 15.4 Å². The molecule has 0 bridgehead atoms. The number of carbonyl (C=O) groups is 1. The van der Waals surface area contributed by atoms with Crippen LogP contribution in [0.1, 0.15) is 32.3 Å². The molecule has 1 fully saturated rings. The van der Waals surface area contributed by atoms with Crippen LogP contribution in [-0.2, 0) is 14.8 Å². The average Bonchev–Trinajstić information content (AvgIpc) is 2.99. The van der Waals surface area contributed by atoms with Crippen LogP contribution in [0.3, 0.4) is 0 Å². The van der Waals surface area contributed by atoms with Crippen LogP contribution in [-0.4, -0.2) is 39.5 Å². The summed E-state index contributed by atoms with van der Waals surface area (Å²) in [4.78, 5) is 12.7. The monoisotopic (exact) mass is 389 g/mol. The molecule has 1 heterocycles. The highest BCUT2D eigenvalue weighted by Crippen LogP contribution is 2.14. The summed E-state index contributed by atoms with van der Waals surface area (Å²) in [5.74, 6) is -0.0590. The zero-order valence-corrected chi connectivity index (χ0v) is 16.5. The maximum atomic E-state index is 12.6. The van der Waals surface area contributed by atoms with E-state index < -0.39 is 16.1 Å². The van der Waals surface area contributed by atoms with Crippen molar-refractivity contribution in [2.24, 2.45) is 5.92 Å². The molecule has 0 aliphatic carbocycles. The topological polar surface area (TPSA) is 87.3 Å². The average molecular weight is 390 g/mol. The minimum Gasteiger partial charge on any atom is -0.351 e. The Balaban J connectivity index is 0.00000312. The summed E-state index contributed by atoms with van der Waals surface area (Å²) >= 11 is 0. The van der Waals surface area contributed by atoms with Crippen molar-refractivity contribution in [3.63, 3.8) is 0 Å². The Morgan fingerprint density at radius 2 is 1.92 bits per heavy atom. The summed E-state index contributed by atoms with van der Waals surface area (Å²) in [6.07, 6.45) is 1.32. The van der Waals surface area contributed by atoms with Crippen LogP contribution >= 0.6 is 12.4 Å². The Hall–Kier alpha value is -1.15. The van der Waals surface area contributed by atoms with E-state index in [4.69, 9.17) is 0 Å². The van der Waals surface area contributed by atoms with Crippen molar-refractivity contribution in [1.82, 2.24) is 15.4 Å². The number of hydrogen-bond acceptors (Lipinski definition) is 4. The van der Waals surface area contributed by atoms with Gasteiger partial charge in [-0.05, 0) is 44.4 Å². The lowest BCUT2D eigenvalue weighted by molar-refractivity contribution is -0.123. The largest absolute Gasteiger partial charge is 0.351 e. The third kappa shape index (κ3) is 6.58. The van der Waals surface area contributed by atoms with Gasteiger partial charge in [-0.3, -0.25) is 4.79 Å². The highest BCUT2D eigenvalue weighted by atomic mass is 35.5. The Morgan fingerprint density at radius 1 is 1.28 bits per heavy atom. The number of hydrogen-bond donors (Lipinski definition) is 3. The summed E-state index contributed by atoms with van der Waals surface area (Å²) < 4.78 is 27.7. The van der Waals surface area contributed by atoms with Crippen molar-refractivity contribution in [2.75, 3.05) is 13.1 Å². The number of benzene rings is 1. The van der Waals surface area contributed by atoms with Crippen LogP contribution in [0.25, 0.3) is 0 Å². The predicted molar refractivity (Wildman–Crippen MR) is 101 cm³/mol. The molecule has 2 unspecified atom stereocenters. The molecule has 142 valence electrons. The fraction of sp³-hybridized carbons (Fsp3) is 0.588. The molecule has 6 nitrogen and oxygen atoms in total. The maximum absolute atomic E-state index is 12.6. The number of sulfonamides is 1. The van der Waals surface area contributed by atoms with E-state index >= 15 is 0 Å². The van der Waals surface area contributed by atoms with Gasteiger partial charge in [0.15, 0.2) is 0 Å². The normalized spacial score (nSPS) is 18.6. The third-order valence-corrected chi connectivity index (χ3v) is 5.55. The van der Waals surface area contributed by atoms with Crippen LogP contribution in [0.15, 0.2) is 29.2 Å². The lowest BCUT2D eigenvalue weighted by Crippen LogP contribution is -2.50. The molecule has 1 aromatic rings. The Bertz CT molecular complexity index is 656. The van der Waals surface area contributed by atoms with Crippen LogP contribution in [0.5, 0.6) is 0 Å². The molecule has 25 heavy (non-hydrogen) atoms. The highest BCUT2D eigenvalue weighted by molar-refractivity contribution is 7.89. The Kier molecular flexibility index (Phi) is 8.34. The van der Waals surface area contributed by atoms with Gasteiger partial charge in [0.05, 0.1) is 4.90 Å². The molecular formula is C17H28ClN3O3S. The summed E-state index contributed by atoms with van der Waals surface area (Å²) in [6.45, 7) is 7.43. The van der Waals surface area contributed by atoms with Crippen LogP contribution < -0.4 is 15.4 Å². The van der Waals surface area contributed by atoms with Gasteiger partial charge in [0, 0.05) is 12.6 Å². The highest BCUT2D eigenvalue weighted by Gasteiger charge is 2.28. The van der Waals surface area contributed by atoms with Gasteiger partial charge in [0.25, 0.3) is 0 Å². The molecular weight excluding hydrogens is 362 g/mol. The maximum Gasteiger partial charge on any atom is 0.241 e. The van der Waals surface area contributed by atoms with Gasteiger partial charge >= 0.3 is 0 Å². The first kappa shape index (κ1) is 21.9. The quantitative estimate of drug-likeness (QED) is 0.660. The van der Waals surface area contributed by atoms with Crippen LogP contribution in [0.4, 0.5) is 0 Å². The van der Waals surface area contributed by atoms with E-state index in [0.29, 0.717) is 6.42 Å². The fourth-order valence-electron chi connectivity index (χ4n) is 2.73. The number of halogens is 1. The smallest absolute Gasteiger partial charge is 0.241 e. The lowest BCUT2D eigenvalue weighted by Gasteiger charge is -2.22. The molecule has 2 rings (SSSR count). The van der Waals surface area contributed by atoms with E-state index in [1.54, 1.807) is 24.3 Å². The summed E-state index contributed by atoms with van der Waals surface area (Å²) in [7, 11) is -3.73. The van der Waals surface area contributed by atoms with E-state index in [0.717, 1.165) is 25.1 Å². The first-order valence-corrected chi connectivity index (χ1v) is 9.86. The molecule has 3 N–H and O–H groups in total. The molecule has 1 amide bonds. The van der Waals surface area contributed by atoms with E-state index in [1.165, 1.54) is 0 Å². The third-order valence-electron chi connectivity index (χ3n) is 4.06. The van der Waals surface area contributed by atoms with Crippen molar-refractivity contribution < 1.29 is 13.2 Å². The standard InChI is InChI=1S/C17H27N3O3S.ClH/c1-12(2)10-16(17(21)19-14-8-9-18-11-14)20-24(22,23)15-6-4-13(3)5-7-15;/h4-7,12,14,16,18,20H,8-11H2,1-3H3,(H,19,21);1H. The molecule has 0 spiro atoms. The second-order valence-corrected chi connectivity index (χ2v) is 8.53. The number of rotatable bonds is 7. The fourth-order valence-corrected chi connectivity index (χ4v) is 3.94. The van der Waals surface area contributed by atoms with Gasteiger partial charge in [0.2, 0.25) is 15.9 Å². The van der Waals surface area contributed by atoms with Crippen LogP contribution in [0, 0.1) is 12.8 Å². The van der Waals surface area contributed by atoms with Gasteiger partial charge in [-0.2, -0.15) is 4.72 Å². The lowest BCUT2D eigenvalue weighted by atomic mass is 10.0. The summed E-state index contributed by atoms with van der Waals surface area (Å²) in [5.41, 5.74) is 0.985. The van der Waals surface area contributed by atoms with Gasteiger partial charge in [0.1, 0.15) is 6.04 Å². The second kappa shape index (κ2) is 9.52. The van der Waals surface area contributed by atoms with Crippen molar-refractivity contribution >= 4 is 28.3 Å². The zero-order valence-electron chi connectivity index (χ0n) is 14.9.